The van der Waals surface area contributed by atoms with E-state index in [9.17, 15) is 14.4 Å². The second-order valence-corrected chi connectivity index (χ2v) is 7.87. The first-order valence-electron chi connectivity index (χ1n) is 9.54. The third kappa shape index (κ3) is 3.93. The second-order valence-electron chi connectivity index (χ2n) is 6.79. The van der Waals surface area contributed by atoms with Crippen LogP contribution in [0.1, 0.15) is 40.6 Å². The number of hydrogen-bond donors (Lipinski definition) is 0. The normalized spacial score (nSPS) is 13.1. The summed E-state index contributed by atoms with van der Waals surface area (Å²) in [5.74, 6) is -0.727. The number of aryl methyl sites for hydroxylation is 2. The summed E-state index contributed by atoms with van der Waals surface area (Å²) < 4.78 is 11.5. The highest BCUT2D eigenvalue weighted by atomic mass is 32.1. The molecule has 0 aliphatic heterocycles. The number of rotatable bonds is 5. The van der Waals surface area contributed by atoms with Crippen LogP contribution < -0.4 is 10.3 Å². The molecule has 2 aromatic heterocycles. The quantitative estimate of drug-likeness (QED) is 0.473. The number of nitrogens with zero attached hydrogens (tertiary/aromatic N) is 2. The van der Waals surface area contributed by atoms with Crippen LogP contribution in [0.4, 0.5) is 0 Å². The number of ether oxygens (including phenoxy) is 2. The van der Waals surface area contributed by atoms with Crippen LogP contribution in [0.15, 0.2) is 35.4 Å². The SMILES string of the molecule is CCOC(=O)c1ccc(OC(=O)Cn2cnc3sc4c(c3c2=O)CCCC4)cc1. The summed E-state index contributed by atoms with van der Waals surface area (Å²) in [6.07, 6.45) is 5.47. The van der Waals surface area contributed by atoms with Gasteiger partial charge in [-0.3, -0.25) is 9.36 Å². The molecule has 150 valence electrons. The maximum Gasteiger partial charge on any atom is 0.338 e. The molecule has 0 N–H and O–H groups in total. The molecule has 2 heterocycles. The highest BCUT2D eigenvalue weighted by Crippen LogP contribution is 2.33. The number of fused-ring (bicyclic) bond motifs is 3. The van der Waals surface area contributed by atoms with E-state index >= 15 is 0 Å². The van der Waals surface area contributed by atoms with Crippen LogP contribution in [0, 0.1) is 0 Å². The Bertz CT molecular complexity index is 1130. The average Bonchev–Trinajstić information content (AvgIpc) is 3.10. The van der Waals surface area contributed by atoms with E-state index in [1.807, 2.05) is 0 Å². The van der Waals surface area contributed by atoms with Crippen LogP contribution in [0.3, 0.4) is 0 Å². The van der Waals surface area contributed by atoms with Crippen LogP contribution in [0.5, 0.6) is 5.75 Å². The van der Waals surface area contributed by atoms with Crippen molar-refractivity contribution in [1.29, 1.82) is 0 Å². The summed E-state index contributed by atoms with van der Waals surface area (Å²) in [6, 6.07) is 6.09. The number of esters is 2. The number of carbonyl (C=O) groups excluding carboxylic acids is 2. The van der Waals surface area contributed by atoms with E-state index in [2.05, 4.69) is 4.98 Å². The van der Waals surface area contributed by atoms with E-state index in [0.29, 0.717) is 10.9 Å². The van der Waals surface area contributed by atoms with Gasteiger partial charge < -0.3 is 9.47 Å². The Morgan fingerprint density at radius 1 is 1.17 bits per heavy atom. The fraction of sp³-hybridized carbons (Fsp3) is 0.333. The van der Waals surface area contributed by atoms with Crippen LogP contribution in [0.25, 0.3) is 10.2 Å². The van der Waals surface area contributed by atoms with Gasteiger partial charge in [0, 0.05) is 4.88 Å². The molecule has 1 aromatic carbocycles. The molecule has 8 heteroatoms. The summed E-state index contributed by atoms with van der Waals surface area (Å²) in [6.45, 7) is 1.79. The van der Waals surface area contributed by atoms with Gasteiger partial charge in [0.15, 0.2) is 0 Å². The Hall–Kier alpha value is -3.00. The molecule has 0 spiro atoms. The smallest absolute Gasteiger partial charge is 0.338 e. The molecule has 0 atom stereocenters. The van der Waals surface area contributed by atoms with Gasteiger partial charge in [-0.15, -0.1) is 11.3 Å². The van der Waals surface area contributed by atoms with Crippen LogP contribution in [-0.2, 0) is 28.9 Å². The molecule has 3 aromatic rings. The first-order valence-corrected chi connectivity index (χ1v) is 10.4. The minimum Gasteiger partial charge on any atom is -0.462 e. The minimum absolute atomic E-state index is 0.205. The van der Waals surface area contributed by atoms with E-state index in [4.69, 9.17) is 9.47 Å². The lowest BCUT2D eigenvalue weighted by Gasteiger charge is -2.10. The molecule has 0 fully saturated rings. The van der Waals surface area contributed by atoms with Crippen molar-refractivity contribution in [3.8, 4) is 5.75 Å². The Labute approximate surface area is 170 Å². The maximum absolute atomic E-state index is 12.9. The van der Waals surface area contributed by atoms with Gasteiger partial charge in [-0.25, -0.2) is 14.6 Å². The van der Waals surface area contributed by atoms with Crippen LogP contribution in [-0.4, -0.2) is 28.1 Å². The average molecular weight is 412 g/mol. The standard InChI is InChI=1S/C21H20N2O5S/c1-2-27-21(26)13-7-9-14(10-8-13)28-17(24)11-23-12-22-19-18(20(23)25)15-5-3-4-6-16(15)29-19/h7-10,12H,2-6,11H2,1H3. The van der Waals surface area contributed by atoms with Crippen molar-refractivity contribution >= 4 is 33.5 Å². The van der Waals surface area contributed by atoms with E-state index < -0.39 is 11.9 Å². The first-order chi connectivity index (χ1) is 14.1. The summed E-state index contributed by atoms with van der Waals surface area (Å²) in [5.41, 5.74) is 1.26. The van der Waals surface area contributed by atoms with E-state index in [0.717, 1.165) is 36.1 Å². The van der Waals surface area contributed by atoms with Crippen LogP contribution in [0.2, 0.25) is 0 Å². The van der Waals surface area contributed by atoms with Crippen molar-refractivity contribution in [1.82, 2.24) is 9.55 Å². The highest BCUT2D eigenvalue weighted by Gasteiger charge is 2.20. The Morgan fingerprint density at radius 3 is 2.69 bits per heavy atom. The highest BCUT2D eigenvalue weighted by molar-refractivity contribution is 7.18. The largest absolute Gasteiger partial charge is 0.462 e. The van der Waals surface area contributed by atoms with Crippen molar-refractivity contribution in [2.75, 3.05) is 6.61 Å². The predicted octanol–water partition coefficient (Wildman–Crippen LogP) is 3.12. The molecule has 0 unspecified atom stereocenters. The predicted molar refractivity (Wildman–Crippen MR) is 109 cm³/mol. The molecular formula is C21H20N2O5S. The van der Waals surface area contributed by atoms with E-state index in [1.54, 1.807) is 18.3 Å². The Morgan fingerprint density at radius 2 is 1.93 bits per heavy atom. The lowest BCUT2D eigenvalue weighted by atomic mass is 9.97. The number of benzene rings is 1. The zero-order valence-electron chi connectivity index (χ0n) is 16.0. The Kier molecular flexibility index (Phi) is 5.44. The van der Waals surface area contributed by atoms with Gasteiger partial charge in [0.05, 0.1) is 23.9 Å². The third-order valence-corrected chi connectivity index (χ3v) is 6.04. The van der Waals surface area contributed by atoms with Gasteiger partial charge >= 0.3 is 11.9 Å². The fourth-order valence-corrected chi connectivity index (χ4v) is 4.69. The number of aromatic nitrogens is 2. The first kappa shape index (κ1) is 19.3. The molecule has 0 amide bonds. The molecule has 0 saturated heterocycles. The van der Waals surface area contributed by atoms with Crippen molar-refractivity contribution < 1.29 is 19.1 Å². The summed E-state index contributed by atoms with van der Waals surface area (Å²) in [4.78, 5) is 43.2. The lowest BCUT2D eigenvalue weighted by molar-refractivity contribution is -0.135. The second kappa shape index (κ2) is 8.16. The molecular weight excluding hydrogens is 392 g/mol. The molecule has 0 bridgehead atoms. The van der Waals surface area contributed by atoms with Gasteiger partial charge in [-0.1, -0.05) is 0 Å². The van der Waals surface area contributed by atoms with Gasteiger partial charge in [0.25, 0.3) is 5.56 Å². The fourth-order valence-electron chi connectivity index (χ4n) is 3.47. The van der Waals surface area contributed by atoms with Crippen molar-refractivity contribution in [2.24, 2.45) is 0 Å². The van der Waals surface area contributed by atoms with Gasteiger partial charge in [-0.2, -0.15) is 0 Å². The maximum atomic E-state index is 12.9. The minimum atomic E-state index is -0.582. The topological polar surface area (TPSA) is 87.5 Å². The number of carbonyl (C=O) groups is 2. The van der Waals surface area contributed by atoms with E-state index in [-0.39, 0.29) is 24.5 Å². The number of hydrogen-bond acceptors (Lipinski definition) is 7. The summed E-state index contributed by atoms with van der Waals surface area (Å²) >= 11 is 1.57. The van der Waals surface area contributed by atoms with Crippen molar-refractivity contribution in [3.63, 3.8) is 0 Å². The monoisotopic (exact) mass is 412 g/mol. The molecule has 1 aliphatic rings. The molecule has 7 nitrogen and oxygen atoms in total. The zero-order valence-corrected chi connectivity index (χ0v) is 16.8. The third-order valence-electron chi connectivity index (χ3n) is 4.84. The number of thiophene rings is 1. The van der Waals surface area contributed by atoms with Gasteiger partial charge in [0.2, 0.25) is 0 Å². The van der Waals surface area contributed by atoms with Gasteiger partial charge in [0.1, 0.15) is 17.1 Å². The molecule has 1 aliphatic carbocycles. The van der Waals surface area contributed by atoms with Crippen molar-refractivity contribution in [3.05, 3.63) is 57.0 Å². The summed E-state index contributed by atoms with van der Waals surface area (Å²) in [7, 11) is 0. The van der Waals surface area contributed by atoms with Gasteiger partial charge in [-0.05, 0) is 62.4 Å². The molecule has 0 saturated carbocycles. The Balaban J connectivity index is 1.50. The summed E-state index contributed by atoms with van der Waals surface area (Å²) in [5, 5.41) is 0.638. The lowest BCUT2D eigenvalue weighted by Crippen LogP contribution is -2.27. The molecule has 0 radical (unpaired) electrons. The zero-order chi connectivity index (χ0) is 20.4. The molecule has 29 heavy (non-hydrogen) atoms. The van der Waals surface area contributed by atoms with Crippen molar-refractivity contribution in [2.45, 2.75) is 39.2 Å². The molecule has 4 rings (SSSR count). The van der Waals surface area contributed by atoms with Crippen LogP contribution >= 0.6 is 11.3 Å². The van der Waals surface area contributed by atoms with E-state index in [1.165, 1.54) is 40.0 Å².